The van der Waals surface area contributed by atoms with Gasteiger partial charge in [-0.3, -0.25) is 4.79 Å². The van der Waals surface area contributed by atoms with Gasteiger partial charge in [0.15, 0.2) is 0 Å². The first kappa shape index (κ1) is 15.2. The fourth-order valence-corrected chi connectivity index (χ4v) is 2.10. The number of carbonyl (C=O) groups excluding carboxylic acids is 1. The van der Waals surface area contributed by atoms with Crippen LogP contribution in [0.3, 0.4) is 0 Å². The van der Waals surface area contributed by atoms with E-state index in [9.17, 15) is 9.18 Å². The predicted molar refractivity (Wildman–Crippen MR) is 72.9 cm³/mol. The summed E-state index contributed by atoms with van der Waals surface area (Å²) in [5, 5.41) is 6.07. The van der Waals surface area contributed by atoms with Crippen LogP contribution in [0.1, 0.15) is 12.8 Å². The molecule has 1 aromatic carbocycles. The molecule has 1 atom stereocenters. The van der Waals surface area contributed by atoms with Gasteiger partial charge in [-0.15, -0.1) is 12.4 Å². The topological polar surface area (TPSA) is 41.1 Å². The summed E-state index contributed by atoms with van der Waals surface area (Å²) >= 11 is 5.63. The first-order valence-electron chi connectivity index (χ1n) is 5.61. The van der Waals surface area contributed by atoms with Gasteiger partial charge in [-0.2, -0.15) is 0 Å². The van der Waals surface area contributed by atoms with Gasteiger partial charge in [-0.05, 0) is 43.6 Å². The summed E-state index contributed by atoms with van der Waals surface area (Å²) in [5.74, 6) is -0.305. The zero-order chi connectivity index (χ0) is 12.3. The van der Waals surface area contributed by atoms with Crippen molar-refractivity contribution in [1.29, 1.82) is 0 Å². The van der Waals surface area contributed by atoms with Crippen LogP contribution >= 0.6 is 24.0 Å². The van der Waals surface area contributed by atoms with Crippen LogP contribution in [-0.2, 0) is 4.79 Å². The molecule has 3 nitrogen and oxygen atoms in total. The van der Waals surface area contributed by atoms with Gasteiger partial charge in [-0.1, -0.05) is 11.6 Å². The predicted octanol–water partition coefficient (Wildman–Crippen LogP) is 2.84. The van der Waals surface area contributed by atoms with E-state index in [1.807, 2.05) is 0 Å². The zero-order valence-corrected chi connectivity index (χ0v) is 11.3. The largest absolute Gasteiger partial charge is 0.324 e. The van der Waals surface area contributed by atoms with Crippen molar-refractivity contribution in [2.24, 2.45) is 5.92 Å². The minimum atomic E-state index is -0.504. The number of hydrogen-bond acceptors (Lipinski definition) is 2. The second-order valence-corrected chi connectivity index (χ2v) is 4.67. The molecule has 1 fully saturated rings. The molecule has 1 aromatic rings. The van der Waals surface area contributed by atoms with E-state index in [2.05, 4.69) is 10.6 Å². The van der Waals surface area contributed by atoms with E-state index < -0.39 is 5.82 Å². The molecule has 0 saturated carbocycles. The third-order valence-corrected chi connectivity index (χ3v) is 3.08. The Balaban J connectivity index is 0.00000162. The number of anilines is 1. The molecule has 1 unspecified atom stereocenters. The summed E-state index contributed by atoms with van der Waals surface area (Å²) in [5.41, 5.74) is 0.186. The van der Waals surface area contributed by atoms with Gasteiger partial charge in [-0.25, -0.2) is 4.39 Å². The molecule has 2 rings (SSSR count). The van der Waals surface area contributed by atoms with Gasteiger partial charge in [0.05, 0.1) is 5.69 Å². The van der Waals surface area contributed by atoms with Crippen LogP contribution < -0.4 is 10.6 Å². The summed E-state index contributed by atoms with van der Waals surface area (Å²) in [6.45, 7) is 1.81. The first-order valence-corrected chi connectivity index (χ1v) is 5.98. The Hall–Kier alpha value is -0.840. The van der Waals surface area contributed by atoms with E-state index in [-0.39, 0.29) is 24.0 Å². The molecule has 6 heteroatoms. The van der Waals surface area contributed by atoms with Gasteiger partial charge >= 0.3 is 0 Å². The quantitative estimate of drug-likeness (QED) is 0.899. The average Bonchev–Trinajstić information content (AvgIpc) is 2.75. The summed E-state index contributed by atoms with van der Waals surface area (Å²) in [4.78, 5) is 11.7. The van der Waals surface area contributed by atoms with Crippen molar-refractivity contribution in [2.75, 3.05) is 18.4 Å². The smallest absolute Gasteiger partial charge is 0.224 e. The normalized spacial score (nSPS) is 18.2. The molecule has 2 N–H and O–H groups in total. The highest BCUT2D eigenvalue weighted by atomic mass is 35.5. The van der Waals surface area contributed by atoms with Crippen molar-refractivity contribution in [3.8, 4) is 0 Å². The van der Waals surface area contributed by atoms with E-state index in [1.54, 1.807) is 6.07 Å². The molecule has 1 saturated heterocycles. The summed E-state index contributed by atoms with van der Waals surface area (Å²) in [6.07, 6.45) is 1.42. The highest BCUT2D eigenvalue weighted by molar-refractivity contribution is 6.30. The highest BCUT2D eigenvalue weighted by Crippen LogP contribution is 2.20. The average molecular weight is 293 g/mol. The lowest BCUT2D eigenvalue weighted by molar-refractivity contribution is -0.117. The second kappa shape index (κ2) is 6.92. The third-order valence-electron chi connectivity index (χ3n) is 2.84. The van der Waals surface area contributed by atoms with Crippen LogP contribution in [0.25, 0.3) is 0 Å². The summed E-state index contributed by atoms with van der Waals surface area (Å²) < 4.78 is 13.4. The molecular formula is C12H15Cl2FN2O. The van der Waals surface area contributed by atoms with E-state index in [1.165, 1.54) is 12.1 Å². The van der Waals surface area contributed by atoms with Crippen LogP contribution in [0.5, 0.6) is 0 Å². The van der Waals surface area contributed by atoms with Gasteiger partial charge in [0.1, 0.15) is 5.82 Å². The van der Waals surface area contributed by atoms with E-state index in [0.29, 0.717) is 17.4 Å². The fourth-order valence-electron chi connectivity index (χ4n) is 1.94. The molecule has 0 aromatic heterocycles. The van der Waals surface area contributed by atoms with Crippen molar-refractivity contribution in [2.45, 2.75) is 12.8 Å². The number of hydrogen-bond donors (Lipinski definition) is 2. The molecule has 0 radical (unpaired) electrons. The van der Waals surface area contributed by atoms with Gasteiger partial charge < -0.3 is 10.6 Å². The number of benzene rings is 1. The minimum Gasteiger partial charge on any atom is -0.324 e. The Kier molecular flexibility index (Phi) is 5.85. The molecule has 100 valence electrons. The van der Waals surface area contributed by atoms with Crippen molar-refractivity contribution < 1.29 is 9.18 Å². The molecular weight excluding hydrogens is 278 g/mol. The van der Waals surface area contributed by atoms with Gasteiger partial charge in [0.2, 0.25) is 5.91 Å². The first-order chi connectivity index (χ1) is 8.15. The number of nitrogens with one attached hydrogen (secondary N) is 2. The monoisotopic (exact) mass is 292 g/mol. The van der Waals surface area contributed by atoms with Gasteiger partial charge in [0.25, 0.3) is 0 Å². The maximum atomic E-state index is 13.4. The van der Waals surface area contributed by atoms with Crippen molar-refractivity contribution >= 4 is 35.6 Å². The lowest BCUT2D eigenvalue weighted by atomic mass is 10.0. The van der Waals surface area contributed by atoms with E-state index in [4.69, 9.17) is 11.6 Å². The molecule has 1 amide bonds. The second-order valence-electron chi connectivity index (χ2n) is 4.24. The SMILES string of the molecule is Cl.O=C(CC1CCNC1)Nc1ccc(Cl)cc1F. The Bertz CT molecular complexity index is 423. The molecule has 0 bridgehead atoms. The maximum Gasteiger partial charge on any atom is 0.224 e. The van der Waals surface area contributed by atoms with Crippen LogP contribution in [-0.4, -0.2) is 19.0 Å². The Morgan fingerprint density at radius 2 is 2.33 bits per heavy atom. The van der Waals surface area contributed by atoms with Crippen LogP contribution in [0.4, 0.5) is 10.1 Å². The molecule has 1 aliphatic rings. The molecule has 0 spiro atoms. The van der Waals surface area contributed by atoms with Crippen molar-refractivity contribution in [1.82, 2.24) is 5.32 Å². The molecule has 1 heterocycles. The fraction of sp³-hybridized carbons (Fsp3) is 0.417. The Morgan fingerprint density at radius 1 is 1.56 bits per heavy atom. The van der Waals surface area contributed by atoms with Crippen LogP contribution in [0.15, 0.2) is 18.2 Å². The summed E-state index contributed by atoms with van der Waals surface area (Å²) in [7, 11) is 0. The highest BCUT2D eigenvalue weighted by Gasteiger charge is 2.18. The minimum absolute atomic E-state index is 0. The lowest BCUT2D eigenvalue weighted by Crippen LogP contribution is -2.18. The number of halogens is 3. The van der Waals surface area contributed by atoms with Crippen LogP contribution in [0, 0.1) is 11.7 Å². The van der Waals surface area contributed by atoms with Crippen LogP contribution in [0.2, 0.25) is 5.02 Å². The number of carbonyl (C=O) groups is 1. The lowest BCUT2D eigenvalue weighted by Gasteiger charge is -2.09. The summed E-state index contributed by atoms with van der Waals surface area (Å²) in [6, 6.07) is 4.22. The Labute approximate surface area is 116 Å². The zero-order valence-electron chi connectivity index (χ0n) is 9.71. The third kappa shape index (κ3) is 4.12. The van der Waals surface area contributed by atoms with E-state index >= 15 is 0 Å². The van der Waals surface area contributed by atoms with Gasteiger partial charge in [0, 0.05) is 11.4 Å². The molecule has 0 aliphatic carbocycles. The van der Waals surface area contributed by atoms with Crippen molar-refractivity contribution in [3.63, 3.8) is 0 Å². The molecule has 18 heavy (non-hydrogen) atoms. The molecule has 1 aliphatic heterocycles. The number of amides is 1. The standard InChI is InChI=1S/C12H14ClFN2O.ClH/c13-9-1-2-11(10(14)6-9)16-12(17)5-8-3-4-15-7-8;/h1-2,6,8,15H,3-5,7H2,(H,16,17);1H. The number of rotatable bonds is 3. The Morgan fingerprint density at radius 3 is 2.94 bits per heavy atom. The van der Waals surface area contributed by atoms with E-state index in [0.717, 1.165) is 19.5 Å². The maximum absolute atomic E-state index is 13.4. The van der Waals surface area contributed by atoms with Crippen molar-refractivity contribution in [3.05, 3.63) is 29.0 Å².